The van der Waals surface area contributed by atoms with Gasteiger partial charge in [0.25, 0.3) is 5.91 Å². The Bertz CT molecular complexity index is 737. The highest BCUT2D eigenvalue weighted by Crippen LogP contribution is 2.25. The van der Waals surface area contributed by atoms with Crippen molar-refractivity contribution in [3.05, 3.63) is 29.3 Å². The van der Waals surface area contributed by atoms with Gasteiger partial charge >= 0.3 is 0 Å². The van der Waals surface area contributed by atoms with Crippen LogP contribution in [0.3, 0.4) is 0 Å². The van der Waals surface area contributed by atoms with Crippen LogP contribution in [0.4, 0.5) is 0 Å². The second kappa shape index (κ2) is 9.22. The number of hydrogen-bond acceptors (Lipinski definition) is 4. The zero-order chi connectivity index (χ0) is 20.9. The first-order chi connectivity index (χ1) is 13.1. The molecule has 1 saturated heterocycles. The smallest absolute Gasteiger partial charge is 0.257 e. The number of rotatable bonds is 6. The molecule has 2 rings (SSSR count). The van der Waals surface area contributed by atoms with Gasteiger partial charge in [0.2, 0.25) is 5.91 Å². The van der Waals surface area contributed by atoms with E-state index >= 15 is 0 Å². The number of likely N-dealkylation sites (tertiary alicyclic amines) is 1. The number of hydrogen-bond donors (Lipinski definition) is 1. The minimum Gasteiger partial charge on any atom is -0.496 e. The number of aryl methyl sites for hydroxylation is 1. The maximum absolute atomic E-state index is 13.0. The Labute approximate surface area is 167 Å². The molecular formula is C22H32N2O4. The van der Waals surface area contributed by atoms with Crippen LogP contribution in [0.5, 0.6) is 5.75 Å². The minimum absolute atomic E-state index is 0.0223. The molecule has 0 radical (unpaired) electrons. The molecule has 1 fully saturated rings. The van der Waals surface area contributed by atoms with E-state index in [1.165, 1.54) is 0 Å². The summed E-state index contributed by atoms with van der Waals surface area (Å²) in [4.78, 5) is 39.2. The van der Waals surface area contributed by atoms with Gasteiger partial charge < -0.3 is 15.0 Å². The van der Waals surface area contributed by atoms with Gasteiger partial charge in [-0.3, -0.25) is 14.4 Å². The fourth-order valence-corrected chi connectivity index (χ4v) is 3.52. The van der Waals surface area contributed by atoms with Gasteiger partial charge in [-0.1, -0.05) is 32.4 Å². The molecule has 6 nitrogen and oxygen atoms in total. The molecule has 1 heterocycles. The lowest BCUT2D eigenvalue weighted by Crippen LogP contribution is -2.46. The number of ketones is 1. The van der Waals surface area contributed by atoms with Crippen LogP contribution in [0.2, 0.25) is 0 Å². The van der Waals surface area contributed by atoms with Gasteiger partial charge in [0, 0.05) is 19.5 Å². The minimum atomic E-state index is -0.295. The van der Waals surface area contributed by atoms with E-state index in [1.807, 2.05) is 39.8 Å². The number of ether oxygens (including phenoxy) is 1. The van der Waals surface area contributed by atoms with Crippen LogP contribution in [-0.2, 0) is 9.59 Å². The largest absolute Gasteiger partial charge is 0.496 e. The van der Waals surface area contributed by atoms with E-state index in [0.717, 1.165) is 12.0 Å². The number of methoxy groups -OCH3 is 1. The summed E-state index contributed by atoms with van der Waals surface area (Å²) in [5.74, 6) is -0.0159. The maximum atomic E-state index is 13.0. The first kappa shape index (κ1) is 21.9. The van der Waals surface area contributed by atoms with E-state index in [4.69, 9.17) is 4.74 Å². The third-order valence-electron chi connectivity index (χ3n) is 4.85. The van der Waals surface area contributed by atoms with Gasteiger partial charge in [0.1, 0.15) is 5.75 Å². The monoisotopic (exact) mass is 388 g/mol. The number of carbonyl (C=O) groups is 3. The highest BCUT2D eigenvalue weighted by molar-refractivity contribution is 5.97. The first-order valence-corrected chi connectivity index (χ1v) is 9.84. The summed E-state index contributed by atoms with van der Waals surface area (Å²) < 4.78 is 5.33. The maximum Gasteiger partial charge on any atom is 0.257 e. The summed E-state index contributed by atoms with van der Waals surface area (Å²) in [5.41, 5.74) is 1.40. The highest BCUT2D eigenvalue weighted by Gasteiger charge is 2.30. The summed E-state index contributed by atoms with van der Waals surface area (Å²) in [5, 5.41) is 2.75. The third kappa shape index (κ3) is 6.08. The van der Waals surface area contributed by atoms with Crippen molar-refractivity contribution in [1.29, 1.82) is 0 Å². The summed E-state index contributed by atoms with van der Waals surface area (Å²) >= 11 is 0. The zero-order valence-electron chi connectivity index (χ0n) is 17.6. The molecule has 1 atom stereocenters. The Morgan fingerprint density at radius 1 is 1.25 bits per heavy atom. The average Bonchev–Trinajstić information content (AvgIpc) is 2.64. The van der Waals surface area contributed by atoms with Crippen molar-refractivity contribution in [1.82, 2.24) is 10.2 Å². The van der Waals surface area contributed by atoms with E-state index in [-0.39, 0.29) is 35.5 Å². The van der Waals surface area contributed by atoms with Crippen LogP contribution in [0, 0.1) is 18.3 Å². The molecule has 154 valence electrons. The Hall–Kier alpha value is -2.37. The molecule has 1 aliphatic rings. The number of nitrogens with one attached hydrogen (secondary N) is 1. The molecule has 0 spiro atoms. The van der Waals surface area contributed by atoms with Crippen molar-refractivity contribution in [3.8, 4) is 5.75 Å². The fourth-order valence-electron chi connectivity index (χ4n) is 3.52. The van der Waals surface area contributed by atoms with Gasteiger partial charge in [-0.05, 0) is 37.3 Å². The fraction of sp³-hybridized carbons (Fsp3) is 0.591. The van der Waals surface area contributed by atoms with Gasteiger partial charge in [-0.2, -0.15) is 0 Å². The Morgan fingerprint density at radius 2 is 1.96 bits per heavy atom. The van der Waals surface area contributed by atoms with Gasteiger partial charge in [0.15, 0.2) is 5.78 Å². The quantitative estimate of drug-likeness (QED) is 0.813. The molecule has 1 aromatic rings. The normalized spacial score (nSPS) is 17.2. The molecule has 1 N–H and O–H groups in total. The van der Waals surface area contributed by atoms with Gasteiger partial charge in [-0.25, -0.2) is 0 Å². The lowest BCUT2D eigenvalue weighted by molar-refractivity contribution is -0.129. The van der Waals surface area contributed by atoms with E-state index < -0.39 is 0 Å². The van der Waals surface area contributed by atoms with E-state index in [9.17, 15) is 14.4 Å². The lowest BCUT2D eigenvalue weighted by Gasteiger charge is -2.32. The molecule has 6 heteroatoms. The molecule has 0 bridgehead atoms. The number of amides is 2. The molecule has 2 amide bonds. The van der Waals surface area contributed by atoms with Crippen molar-refractivity contribution in [3.63, 3.8) is 0 Å². The predicted molar refractivity (Wildman–Crippen MR) is 108 cm³/mol. The van der Waals surface area contributed by atoms with E-state index in [1.54, 1.807) is 18.1 Å². The molecule has 1 aromatic carbocycles. The number of Topliss-reactive ketones (excluding diaryl/α,β-unsaturated/α-hetero) is 1. The molecule has 1 aliphatic heterocycles. The lowest BCUT2D eigenvalue weighted by atomic mass is 9.90. The summed E-state index contributed by atoms with van der Waals surface area (Å²) in [6.45, 7) is 8.94. The van der Waals surface area contributed by atoms with E-state index in [0.29, 0.717) is 37.2 Å². The van der Waals surface area contributed by atoms with Crippen molar-refractivity contribution in [2.24, 2.45) is 11.3 Å². The van der Waals surface area contributed by atoms with Gasteiger partial charge in [-0.15, -0.1) is 0 Å². The first-order valence-electron chi connectivity index (χ1n) is 9.84. The standard InChI is InChI=1S/C22H32N2O4/c1-15-8-9-19(28-5)18(11-15)21(27)24-10-6-7-16(14-24)20(26)23-13-17(25)12-22(2,3)4/h8-9,11,16H,6-7,10,12-14H2,1-5H3,(H,23,26)/t16-/m0/s1. The van der Waals surface area contributed by atoms with Crippen LogP contribution in [0.1, 0.15) is 56.0 Å². The Morgan fingerprint density at radius 3 is 2.61 bits per heavy atom. The summed E-state index contributed by atoms with van der Waals surface area (Å²) in [6, 6.07) is 5.50. The summed E-state index contributed by atoms with van der Waals surface area (Å²) in [6.07, 6.45) is 1.90. The number of piperidine rings is 1. The van der Waals surface area contributed by atoms with Crippen molar-refractivity contribution >= 4 is 17.6 Å². The molecule has 28 heavy (non-hydrogen) atoms. The van der Waals surface area contributed by atoms with Crippen LogP contribution in [0.25, 0.3) is 0 Å². The predicted octanol–water partition coefficient (Wildman–Crippen LogP) is 2.98. The second-order valence-corrected chi connectivity index (χ2v) is 8.79. The van der Waals surface area contributed by atoms with Crippen molar-refractivity contribution in [2.45, 2.75) is 47.0 Å². The second-order valence-electron chi connectivity index (χ2n) is 8.79. The van der Waals surface area contributed by atoms with Crippen LogP contribution >= 0.6 is 0 Å². The van der Waals surface area contributed by atoms with Gasteiger partial charge in [0.05, 0.1) is 25.1 Å². The molecule has 0 aliphatic carbocycles. The number of carbonyl (C=O) groups excluding carboxylic acids is 3. The third-order valence-corrected chi connectivity index (χ3v) is 4.85. The highest BCUT2D eigenvalue weighted by atomic mass is 16.5. The van der Waals surface area contributed by atoms with Crippen LogP contribution < -0.4 is 10.1 Å². The average molecular weight is 389 g/mol. The Balaban J connectivity index is 1.98. The number of nitrogens with zero attached hydrogens (tertiary/aromatic N) is 1. The van der Waals surface area contributed by atoms with Crippen molar-refractivity contribution < 1.29 is 19.1 Å². The zero-order valence-corrected chi connectivity index (χ0v) is 17.6. The Kier molecular flexibility index (Phi) is 7.22. The van der Waals surface area contributed by atoms with Crippen LogP contribution in [0.15, 0.2) is 18.2 Å². The topological polar surface area (TPSA) is 75.7 Å². The van der Waals surface area contributed by atoms with Crippen molar-refractivity contribution in [2.75, 3.05) is 26.7 Å². The number of benzene rings is 1. The molecule has 0 saturated carbocycles. The van der Waals surface area contributed by atoms with E-state index in [2.05, 4.69) is 5.32 Å². The van der Waals surface area contributed by atoms with Crippen LogP contribution in [-0.4, -0.2) is 49.2 Å². The summed E-state index contributed by atoms with van der Waals surface area (Å²) in [7, 11) is 1.54. The molecular weight excluding hydrogens is 356 g/mol. The molecule has 0 unspecified atom stereocenters. The SMILES string of the molecule is COc1ccc(C)cc1C(=O)N1CCC[C@H](C(=O)NCC(=O)CC(C)(C)C)C1. The molecule has 0 aromatic heterocycles.